The maximum atomic E-state index is 12.6. The number of benzene rings is 2. The number of ether oxygens (including phenoxy) is 1. The summed E-state index contributed by atoms with van der Waals surface area (Å²) in [7, 11) is 3.42. The van der Waals surface area contributed by atoms with Crippen molar-refractivity contribution in [2.75, 3.05) is 20.4 Å². The summed E-state index contributed by atoms with van der Waals surface area (Å²) < 4.78 is 5.40. The largest absolute Gasteiger partial charge is 0.496 e. The van der Waals surface area contributed by atoms with E-state index in [0.717, 1.165) is 27.3 Å². The summed E-state index contributed by atoms with van der Waals surface area (Å²) in [5.74, 6) is 0.718. The van der Waals surface area contributed by atoms with E-state index in [4.69, 9.17) is 10.5 Å². The average Bonchev–Trinajstić information content (AvgIpc) is 2.60. The number of carbonyl (C=O) groups is 1. The summed E-state index contributed by atoms with van der Waals surface area (Å²) in [5.41, 5.74) is 9.11. The molecule has 0 spiro atoms. The number of aryl methyl sites for hydroxylation is 1. The van der Waals surface area contributed by atoms with Gasteiger partial charge in [-0.3, -0.25) is 4.79 Å². The highest BCUT2D eigenvalue weighted by molar-refractivity contribution is 7.98. The molecule has 0 saturated heterocycles. The Bertz CT molecular complexity index is 707. The first-order valence-corrected chi connectivity index (χ1v) is 8.96. The van der Waals surface area contributed by atoms with E-state index < -0.39 is 6.04 Å². The van der Waals surface area contributed by atoms with Gasteiger partial charge in [0.25, 0.3) is 0 Å². The molecule has 0 aliphatic heterocycles. The van der Waals surface area contributed by atoms with Gasteiger partial charge in [0.2, 0.25) is 5.91 Å². The number of hydrogen-bond donors (Lipinski definition) is 1. The summed E-state index contributed by atoms with van der Waals surface area (Å²) in [4.78, 5) is 15.3. The van der Waals surface area contributed by atoms with Gasteiger partial charge < -0.3 is 15.4 Å². The van der Waals surface area contributed by atoms with Gasteiger partial charge in [-0.05, 0) is 36.4 Å². The van der Waals surface area contributed by atoms with Crippen molar-refractivity contribution in [3.8, 4) is 5.75 Å². The molecule has 0 aliphatic carbocycles. The molecule has 0 saturated carbocycles. The molecule has 0 radical (unpaired) electrons. The Morgan fingerprint density at radius 2 is 1.88 bits per heavy atom. The highest BCUT2D eigenvalue weighted by atomic mass is 35.5. The summed E-state index contributed by atoms with van der Waals surface area (Å²) >= 11 is 1.63. The molecule has 0 fully saturated rings. The quantitative estimate of drug-likeness (QED) is 0.774. The van der Waals surface area contributed by atoms with Crippen molar-refractivity contribution in [2.45, 2.75) is 24.4 Å². The minimum atomic E-state index is -0.650. The van der Waals surface area contributed by atoms with Gasteiger partial charge in [-0.15, -0.1) is 24.2 Å². The van der Waals surface area contributed by atoms with Gasteiger partial charge in [0.15, 0.2) is 0 Å². The minimum Gasteiger partial charge on any atom is -0.496 e. The number of methoxy groups -OCH3 is 1. The van der Waals surface area contributed by atoms with E-state index in [2.05, 4.69) is 0 Å². The van der Waals surface area contributed by atoms with Crippen LogP contribution in [0.5, 0.6) is 5.75 Å². The Hall–Kier alpha value is -1.69. The second kappa shape index (κ2) is 9.70. The fourth-order valence-corrected chi connectivity index (χ4v) is 3.03. The molecule has 0 heterocycles. The lowest BCUT2D eigenvalue weighted by molar-refractivity contribution is -0.131. The number of hydrogen-bond acceptors (Lipinski definition) is 4. The van der Waals surface area contributed by atoms with Crippen molar-refractivity contribution < 1.29 is 9.53 Å². The number of rotatable bonds is 6. The lowest BCUT2D eigenvalue weighted by atomic mass is 10.0. The SMILES string of the molecule is COc1cc(CN(C)C(=O)C(N)c2ccc(C)cc2)ccc1SC.Cl. The second-order valence-electron chi connectivity index (χ2n) is 5.77. The van der Waals surface area contributed by atoms with Crippen molar-refractivity contribution in [3.63, 3.8) is 0 Å². The maximum Gasteiger partial charge on any atom is 0.244 e. The highest BCUT2D eigenvalue weighted by Crippen LogP contribution is 2.28. The van der Waals surface area contributed by atoms with Gasteiger partial charge >= 0.3 is 0 Å². The van der Waals surface area contributed by atoms with Gasteiger partial charge in [-0.1, -0.05) is 35.9 Å². The van der Waals surface area contributed by atoms with Crippen LogP contribution in [0, 0.1) is 6.92 Å². The van der Waals surface area contributed by atoms with E-state index in [1.807, 2.05) is 55.6 Å². The zero-order chi connectivity index (χ0) is 17.7. The first kappa shape index (κ1) is 21.4. The van der Waals surface area contributed by atoms with Gasteiger partial charge in [0.05, 0.1) is 7.11 Å². The molecular weight excluding hydrogens is 356 g/mol. The molecule has 25 heavy (non-hydrogen) atoms. The van der Waals surface area contributed by atoms with Crippen LogP contribution in [-0.4, -0.2) is 31.2 Å². The number of likely N-dealkylation sites (N-methyl/N-ethyl adjacent to an activating group) is 1. The van der Waals surface area contributed by atoms with Gasteiger partial charge in [-0.2, -0.15) is 0 Å². The molecule has 2 aromatic rings. The number of nitrogens with zero attached hydrogens (tertiary/aromatic N) is 1. The number of nitrogens with two attached hydrogens (primary N) is 1. The predicted molar refractivity (Wildman–Crippen MR) is 107 cm³/mol. The van der Waals surface area contributed by atoms with Gasteiger partial charge in [0, 0.05) is 18.5 Å². The lowest BCUT2D eigenvalue weighted by Crippen LogP contribution is -2.35. The van der Waals surface area contributed by atoms with Crippen LogP contribution < -0.4 is 10.5 Å². The van der Waals surface area contributed by atoms with Gasteiger partial charge in [-0.25, -0.2) is 0 Å². The third-order valence-electron chi connectivity index (χ3n) is 3.95. The molecule has 2 rings (SSSR count). The Kier molecular flexibility index (Phi) is 8.29. The third kappa shape index (κ3) is 5.39. The molecular formula is C19H25ClN2O2S. The lowest BCUT2D eigenvalue weighted by Gasteiger charge is -2.22. The van der Waals surface area contributed by atoms with Crippen LogP contribution in [-0.2, 0) is 11.3 Å². The van der Waals surface area contributed by atoms with Crippen molar-refractivity contribution in [1.82, 2.24) is 4.90 Å². The standard InChI is InChI=1S/C19H24N2O2S.ClH/c1-13-5-8-15(9-6-13)18(20)19(22)21(2)12-14-7-10-17(24-4)16(11-14)23-3;/h5-11,18H,12,20H2,1-4H3;1H. The summed E-state index contributed by atoms with van der Waals surface area (Å²) in [6.07, 6.45) is 2.01. The minimum absolute atomic E-state index is 0. The summed E-state index contributed by atoms with van der Waals surface area (Å²) in [6.45, 7) is 2.50. The highest BCUT2D eigenvalue weighted by Gasteiger charge is 2.20. The molecule has 2 aromatic carbocycles. The molecule has 6 heteroatoms. The van der Waals surface area contributed by atoms with Crippen molar-refractivity contribution in [3.05, 3.63) is 59.2 Å². The van der Waals surface area contributed by atoms with E-state index in [0.29, 0.717) is 6.54 Å². The normalized spacial score (nSPS) is 11.4. The Morgan fingerprint density at radius 1 is 1.24 bits per heavy atom. The summed E-state index contributed by atoms with van der Waals surface area (Å²) in [6, 6.07) is 13.1. The molecule has 0 aromatic heterocycles. The number of thioether (sulfide) groups is 1. The first-order valence-electron chi connectivity index (χ1n) is 7.74. The third-order valence-corrected chi connectivity index (χ3v) is 4.72. The monoisotopic (exact) mass is 380 g/mol. The van der Waals surface area contributed by atoms with Crippen LogP contribution in [0.15, 0.2) is 47.4 Å². The van der Waals surface area contributed by atoms with Crippen molar-refractivity contribution in [1.29, 1.82) is 0 Å². The van der Waals surface area contributed by atoms with Crippen LogP contribution in [0.4, 0.5) is 0 Å². The van der Waals surface area contributed by atoms with Crippen LogP contribution in [0.3, 0.4) is 0 Å². The molecule has 1 unspecified atom stereocenters. The summed E-state index contributed by atoms with van der Waals surface area (Å²) in [5, 5.41) is 0. The number of halogens is 1. The fraction of sp³-hybridized carbons (Fsp3) is 0.316. The Balaban J connectivity index is 0.00000312. The molecule has 136 valence electrons. The maximum absolute atomic E-state index is 12.6. The average molecular weight is 381 g/mol. The molecule has 2 N–H and O–H groups in total. The number of carbonyl (C=O) groups excluding carboxylic acids is 1. The smallest absolute Gasteiger partial charge is 0.244 e. The topological polar surface area (TPSA) is 55.6 Å². The number of amides is 1. The van der Waals surface area contributed by atoms with Crippen LogP contribution in [0.2, 0.25) is 0 Å². The van der Waals surface area contributed by atoms with E-state index in [-0.39, 0.29) is 18.3 Å². The van der Waals surface area contributed by atoms with Gasteiger partial charge in [0.1, 0.15) is 11.8 Å². The van der Waals surface area contributed by atoms with Crippen LogP contribution in [0.1, 0.15) is 22.7 Å². The van der Waals surface area contributed by atoms with E-state index >= 15 is 0 Å². The second-order valence-corrected chi connectivity index (χ2v) is 6.62. The van der Waals surface area contributed by atoms with Crippen LogP contribution >= 0.6 is 24.2 Å². The van der Waals surface area contributed by atoms with E-state index in [9.17, 15) is 4.79 Å². The zero-order valence-electron chi connectivity index (χ0n) is 15.0. The van der Waals surface area contributed by atoms with E-state index in [1.54, 1.807) is 30.8 Å². The molecule has 0 aliphatic rings. The van der Waals surface area contributed by atoms with Crippen molar-refractivity contribution >= 4 is 30.1 Å². The molecule has 4 nitrogen and oxygen atoms in total. The predicted octanol–water partition coefficient (Wildman–Crippen LogP) is 3.81. The Labute approximate surface area is 160 Å². The van der Waals surface area contributed by atoms with E-state index in [1.165, 1.54) is 0 Å². The molecule has 1 atom stereocenters. The molecule has 0 bridgehead atoms. The van der Waals surface area contributed by atoms with Crippen molar-refractivity contribution in [2.24, 2.45) is 5.73 Å². The Morgan fingerprint density at radius 3 is 2.44 bits per heavy atom. The zero-order valence-corrected chi connectivity index (χ0v) is 16.6. The van der Waals surface area contributed by atoms with Crippen LogP contribution in [0.25, 0.3) is 0 Å². The fourth-order valence-electron chi connectivity index (χ4n) is 2.48. The molecule has 1 amide bonds. The first-order chi connectivity index (χ1) is 11.5.